The zero-order valence-corrected chi connectivity index (χ0v) is 12.7. The smallest absolute Gasteiger partial charge is 0.0269 e. The van der Waals surface area contributed by atoms with Crippen molar-refractivity contribution >= 4 is 0 Å². The second kappa shape index (κ2) is 24.6. The predicted molar refractivity (Wildman–Crippen MR) is 81.3 cm³/mol. The summed E-state index contributed by atoms with van der Waals surface area (Å²) in [7, 11) is 0. The summed E-state index contributed by atoms with van der Waals surface area (Å²) in [6.45, 7) is 17.8. The molecular weight excluding hydrogens is 210 g/mol. The number of allylic oxidation sites excluding steroid dienone is 1. The fourth-order valence-corrected chi connectivity index (χ4v) is 1.07. The second-order valence-corrected chi connectivity index (χ2v) is 3.17. The molecule has 0 saturated heterocycles. The fourth-order valence-electron chi connectivity index (χ4n) is 1.07. The largest absolute Gasteiger partial charge is 0.388 e. The monoisotopic (exact) mass is 245 g/mol. The van der Waals surface area contributed by atoms with Crippen LogP contribution in [0.3, 0.4) is 0 Å². The lowest BCUT2D eigenvalue weighted by Gasteiger charge is -2.08. The van der Waals surface area contributed by atoms with E-state index in [1.54, 1.807) is 0 Å². The molecule has 0 amide bonds. The first kappa shape index (κ1) is 21.7. The van der Waals surface area contributed by atoms with Crippen molar-refractivity contribution in [1.82, 2.24) is 10.6 Å². The van der Waals surface area contributed by atoms with Crippen LogP contribution in [0.25, 0.3) is 0 Å². The molecular formula is C14H35N3. The molecule has 0 aliphatic carbocycles. The first-order valence-electron chi connectivity index (χ1n) is 7.13. The Morgan fingerprint density at radius 2 is 1.65 bits per heavy atom. The van der Waals surface area contributed by atoms with Crippen molar-refractivity contribution in [2.24, 2.45) is 5.73 Å². The van der Waals surface area contributed by atoms with Gasteiger partial charge in [0.05, 0.1) is 0 Å². The molecule has 0 radical (unpaired) electrons. The van der Waals surface area contributed by atoms with E-state index in [2.05, 4.69) is 24.1 Å². The topological polar surface area (TPSA) is 50.1 Å². The van der Waals surface area contributed by atoms with Gasteiger partial charge in [-0.25, -0.2) is 0 Å². The summed E-state index contributed by atoms with van der Waals surface area (Å²) in [4.78, 5) is 0. The van der Waals surface area contributed by atoms with Crippen LogP contribution in [0.1, 0.15) is 53.9 Å². The van der Waals surface area contributed by atoms with Crippen LogP contribution in [0.4, 0.5) is 0 Å². The molecule has 0 rings (SSSR count). The van der Waals surface area contributed by atoms with Crippen LogP contribution in [0.2, 0.25) is 0 Å². The molecule has 17 heavy (non-hydrogen) atoms. The van der Waals surface area contributed by atoms with E-state index in [9.17, 15) is 0 Å². The number of nitrogens with one attached hydrogen (secondary N) is 2. The van der Waals surface area contributed by atoms with Gasteiger partial charge in [-0.15, -0.1) is 0 Å². The van der Waals surface area contributed by atoms with Gasteiger partial charge in [-0.1, -0.05) is 47.6 Å². The van der Waals surface area contributed by atoms with E-state index >= 15 is 0 Å². The zero-order chi connectivity index (χ0) is 13.9. The van der Waals surface area contributed by atoms with Gasteiger partial charge in [-0.2, -0.15) is 0 Å². The van der Waals surface area contributed by atoms with Crippen molar-refractivity contribution in [1.29, 1.82) is 0 Å². The Labute approximate surface area is 109 Å². The molecule has 0 bridgehead atoms. The van der Waals surface area contributed by atoms with Crippen LogP contribution in [-0.2, 0) is 0 Å². The lowest BCUT2D eigenvalue weighted by atomic mass is 10.3. The van der Waals surface area contributed by atoms with Crippen LogP contribution in [-0.4, -0.2) is 26.2 Å². The molecule has 0 atom stereocenters. The van der Waals surface area contributed by atoms with Gasteiger partial charge in [0, 0.05) is 18.8 Å². The van der Waals surface area contributed by atoms with E-state index in [4.69, 9.17) is 5.73 Å². The third-order valence-corrected chi connectivity index (χ3v) is 1.79. The summed E-state index contributed by atoms with van der Waals surface area (Å²) < 4.78 is 0. The molecule has 0 aliphatic heterocycles. The maximum atomic E-state index is 5.36. The predicted octanol–water partition coefficient (Wildman–Crippen LogP) is 2.88. The number of hydrogen-bond acceptors (Lipinski definition) is 3. The highest BCUT2D eigenvalue weighted by molar-refractivity contribution is 4.89. The minimum atomic E-state index is 0.767. The molecule has 0 fully saturated rings. The summed E-state index contributed by atoms with van der Waals surface area (Å²) in [5.74, 6) is 0. The lowest BCUT2D eigenvalue weighted by Crippen LogP contribution is -2.28. The van der Waals surface area contributed by atoms with Crippen molar-refractivity contribution in [2.45, 2.75) is 53.9 Å². The fraction of sp³-hybridized carbons (Fsp3) is 0.857. The minimum Gasteiger partial charge on any atom is -0.388 e. The Balaban J connectivity index is -0.000000439. The SMILES string of the molecule is C=C(CCC)NCCNCCCN.CC.CC. The molecule has 0 aromatic rings. The molecule has 4 N–H and O–H groups in total. The Hall–Kier alpha value is -0.540. The van der Waals surface area contributed by atoms with Gasteiger partial charge >= 0.3 is 0 Å². The Bertz CT molecular complexity index is 125. The summed E-state index contributed by atoms with van der Waals surface area (Å²) in [6, 6.07) is 0. The summed E-state index contributed by atoms with van der Waals surface area (Å²) in [6.07, 6.45) is 3.28. The first-order chi connectivity index (χ1) is 8.31. The van der Waals surface area contributed by atoms with Crippen LogP contribution < -0.4 is 16.4 Å². The van der Waals surface area contributed by atoms with E-state index < -0.39 is 0 Å². The molecule has 0 aromatic heterocycles. The summed E-state index contributed by atoms with van der Waals surface area (Å²) >= 11 is 0. The highest BCUT2D eigenvalue weighted by Gasteiger charge is 1.90. The highest BCUT2D eigenvalue weighted by atomic mass is 14.9. The average Bonchev–Trinajstić information content (AvgIpc) is 2.39. The van der Waals surface area contributed by atoms with Crippen molar-refractivity contribution < 1.29 is 0 Å². The van der Waals surface area contributed by atoms with Crippen molar-refractivity contribution in [3.8, 4) is 0 Å². The van der Waals surface area contributed by atoms with Crippen molar-refractivity contribution in [2.75, 3.05) is 26.2 Å². The van der Waals surface area contributed by atoms with E-state index in [0.717, 1.165) is 51.1 Å². The lowest BCUT2D eigenvalue weighted by molar-refractivity contribution is 0.621. The summed E-state index contributed by atoms with van der Waals surface area (Å²) in [5.41, 5.74) is 6.50. The van der Waals surface area contributed by atoms with Crippen LogP contribution in [0, 0.1) is 0 Å². The van der Waals surface area contributed by atoms with Gasteiger partial charge in [0.2, 0.25) is 0 Å². The molecule has 0 heterocycles. The number of rotatable bonds is 9. The van der Waals surface area contributed by atoms with E-state index in [0.29, 0.717) is 0 Å². The molecule has 106 valence electrons. The Morgan fingerprint density at radius 1 is 1.06 bits per heavy atom. The van der Waals surface area contributed by atoms with Gasteiger partial charge in [-0.05, 0) is 25.9 Å². The summed E-state index contributed by atoms with van der Waals surface area (Å²) in [5, 5.41) is 6.57. The molecule has 3 nitrogen and oxygen atoms in total. The molecule has 0 saturated carbocycles. The third-order valence-electron chi connectivity index (χ3n) is 1.79. The van der Waals surface area contributed by atoms with Gasteiger partial charge in [0.15, 0.2) is 0 Å². The van der Waals surface area contributed by atoms with E-state index in [1.807, 2.05) is 27.7 Å². The van der Waals surface area contributed by atoms with Gasteiger partial charge in [0.1, 0.15) is 0 Å². The number of nitrogens with two attached hydrogens (primary N) is 1. The normalized spacial score (nSPS) is 8.35. The zero-order valence-electron chi connectivity index (χ0n) is 12.7. The first-order valence-corrected chi connectivity index (χ1v) is 7.13. The van der Waals surface area contributed by atoms with Crippen molar-refractivity contribution in [3.63, 3.8) is 0 Å². The van der Waals surface area contributed by atoms with Crippen molar-refractivity contribution in [3.05, 3.63) is 12.3 Å². The Kier molecular flexibility index (Phi) is 31.4. The molecule has 3 heteroatoms. The standard InChI is InChI=1S/C10H23N3.2C2H6/c1-3-5-10(2)13-9-8-12-7-4-6-11;2*1-2/h12-13H,2-9,11H2,1H3;2*1-2H3. The van der Waals surface area contributed by atoms with Crippen LogP contribution in [0.15, 0.2) is 12.3 Å². The Morgan fingerprint density at radius 3 is 2.12 bits per heavy atom. The molecule has 0 aliphatic rings. The second-order valence-electron chi connectivity index (χ2n) is 3.17. The molecule has 0 unspecified atom stereocenters. The third kappa shape index (κ3) is 25.6. The maximum Gasteiger partial charge on any atom is 0.0269 e. The number of hydrogen-bond donors (Lipinski definition) is 3. The van der Waals surface area contributed by atoms with Gasteiger partial charge in [0.25, 0.3) is 0 Å². The average molecular weight is 245 g/mol. The molecule has 0 spiro atoms. The van der Waals surface area contributed by atoms with Gasteiger partial charge in [-0.3, -0.25) is 0 Å². The van der Waals surface area contributed by atoms with Crippen LogP contribution >= 0.6 is 0 Å². The van der Waals surface area contributed by atoms with Gasteiger partial charge < -0.3 is 16.4 Å². The maximum absolute atomic E-state index is 5.36. The van der Waals surface area contributed by atoms with E-state index in [1.165, 1.54) is 0 Å². The quantitative estimate of drug-likeness (QED) is 0.548. The highest BCUT2D eigenvalue weighted by Crippen LogP contribution is 1.95. The minimum absolute atomic E-state index is 0.767. The van der Waals surface area contributed by atoms with Crippen LogP contribution in [0.5, 0.6) is 0 Å². The van der Waals surface area contributed by atoms with E-state index in [-0.39, 0.29) is 0 Å². The molecule has 0 aromatic carbocycles.